The zero-order valence-corrected chi connectivity index (χ0v) is 14.1. The Bertz CT molecular complexity index is 864. The number of pyridine rings is 1. The molecule has 6 nitrogen and oxygen atoms in total. The van der Waals surface area contributed by atoms with Gasteiger partial charge in [-0.1, -0.05) is 18.2 Å². The second kappa shape index (κ2) is 6.98. The van der Waals surface area contributed by atoms with Crippen LogP contribution in [0.1, 0.15) is 22.1 Å². The molecule has 1 aliphatic rings. The van der Waals surface area contributed by atoms with Crippen LogP contribution in [-0.2, 0) is 11.4 Å². The molecule has 3 heterocycles. The van der Waals surface area contributed by atoms with Crippen LogP contribution >= 0.6 is 11.8 Å². The quantitative estimate of drug-likeness (QED) is 0.754. The number of nitrogens with one attached hydrogen (secondary N) is 2. The number of H-pyrrole nitrogens is 1. The number of amides is 1. The first-order valence-corrected chi connectivity index (χ1v) is 8.92. The Morgan fingerprint density at radius 2 is 2.08 bits per heavy atom. The van der Waals surface area contributed by atoms with Gasteiger partial charge in [0.25, 0.3) is 0 Å². The summed E-state index contributed by atoms with van der Waals surface area (Å²) in [4.78, 5) is 16.0. The molecule has 126 valence electrons. The summed E-state index contributed by atoms with van der Waals surface area (Å²) in [6.45, 7) is 0.433. The Morgan fingerprint density at radius 1 is 1.20 bits per heavy atom. The Balaban J connectivity index is 1.50. The lowest BCUT2D eigenvalue weighted by molar-refractivity contribution is -0.113. The van der Waals surface area contributed by atoms with E-state index in [9.17, 15) is 4.79 Å². The number of carbonyl (C=O) groups excluding carboxylic acids is 1. The molecule has 0 aliphatic carbocycles. The van der Waals surface area contributed by atoms with E-state index in [2.05, 4.69) is 20.5 Å². The van der Waals surface area contributed by atoms with Crippen molar-refractivity contribution in [3.8, 4) is 5.75 Å². The van der Waals surface area contributed by atoms with Crippen LogP contribution in [0.15, 0.2) is 54.9 Å². The van der Waals surface area contributed by atoms with Crippen molar-refractivity contribution in [1.29, 1.82) is 0 Å². The van der Waals surface area contributed by atoms with Crippen LogP contribution in [0.25, 0.3) is 0 Å². The summed E-state index contributed by atoms with van der Waals surface area (Å²) >= 11 is 1.59. The van der Waals surface area contributed by atoms with E-state index >= 15 is 0 Å². The van der Waals surface area contributed by atoms with Crippen molar-refractivity contribution in [2.45, 2.75) is 11.9 Å². The zero-order valence-electron chi connectivity index (χ0n) is 13.3. The molecule has 25 heavy (non-hydrogen) atoms. The summed E-state index contributed by atoms with van der Waals surface area (Å²) in [5.74, 6) is 1.85. The summed E-state index contributed by atoms with van der Waals surface area (Å²) < 4.78 is 5.78. The lowest BCUT2D eigenvalue weighted by Crippen LogP contribution is -2.12. The van der Waals surface area contributed by atoms with Crippen LogP contribution in [0.3, 0.4) is 0 Å². The van der Waals surface area contributed by atoms with Crippen molar-refractivity contribution < 1.29 is 9.53 Å². The van der Waals surface area contributed by atoms with E-state index in [1.165, 1.54) is 0 Å². The maximum Gasteiger partial charge on any atom is 0.235 e. The number of anilines is 1. The molecule has 0 unspecified atom stereocenters. The van der Waals surface area contributed by atoms with Gasteiger partial charge in [0.05, 0.1) is 22.9 Å². The van der Waals surface area contributed by atoms with E-state index in [1.54, 1.807) is 24.2 Å². The Labute approximate surface area is 149 Å². The molecule has 1 atom stereocenters. The molecule has 0 saturated heterocycles. The van der Waals surface area contributed by atoms with Gasteiger partial charge in [0.2, 0.25) is 5.91 Å². The summed E-state index contributed by atoms with van der Waals surface area (Å²) in [7, 11) is 0. The monoisotopic (exact) mass is 352 g/mol. The van der Waals surface area contributed by atoms with Gasteiger partial charge in [0, 0.05) is 11.8 Å². The number of benzene rings is 1. The number of thioether (sulfide) groups is 1. The van der Waals surface area contributed by atoms with Gasteiger partial charge in [-0.2, -0.15) is 5.10 Å². The van der Waals surface area contributed by atoms with Crippen LogP contribution < -0.4 is 10.1 Å². The summed E-state index contributed by atoms with van der Waals surface area (Å²) in [6, 6.07) is 13.7. The number of hydrogen-bond donors (Lipinski definition) is 2. The lowest BCUT2D eigenvalue weighted by atomic mass is 10.1. The van der Waals surface area contributed by atoms with Crippen LogP contribution in [0.4, 0.5) is 5.82 Å². The lowest BCUT2D eigenvalue weighted by Gasteiger charge is -2.14. The highest BCUT2D eigenvalue weighted by Gasteiger charge is 2.25. The molecular formula is C18H16N4O2S. The smallest absolute Gasteiger partial charge is 0.235 e. The van der Waals surface area contributed by atoms with Gasteiger partial charge < -0.3 is 10.1 Å². The number of carbonyl (C=O) groups is 1. The Hall–Kier alpha value is -2.80. The van der Waals surface area contributed by atoms with Gasteiger partial charge >= 0.3 is 0 Å². The van der Waals surface area contributed by atoms with E-state index in [0.717, 1.165) is 22.6 Å². The van der Waals surface area contributed by atoms with Gasteiger partial charge in [-0.25, -0.2) is 0 Å². The molecular weight excluding hydrogens is 336 g/mol. The number of rotatable bonds is 4. The average Bonchev–Trinajstić information content (AvgIpc) is 3.03. The van der Waals surface area contributed by atoms with Gasteiger partial charge in [-0.15, -0.1) is 11.8 Å². The molecule has 0 radical (unpaired) electrons. The van der Waals surface area contributed by atoms with E-state index in [1.807, 2.05) is 42.5 Å². The minimum absolute atomic E-state index is 0.0201. The number of aromatic amines is 1. The number of ether oxygens (including phenoxy) is 1. The standard InChI is InChI=1S/C18H16N4O2S/c23-16-11-25-17(15-9-20-22-18(15)21-16)12-4-6-14(7-5-12)24-10-13-3-1-2-8-19-13/h1-9,17H,10-11H2,(H2,20,21,22,23)/t17-/m1/s1. The highest BCUT2D eigenvalue weighted by atomic mass is 32.2. The predicted molar refractivity (Wildman–Crippen MR) is 96.5 cm³/mol. The maximum atomic E-state index is 11.8. The summed E-state index contributed by atoms with van der Waals surface area (Å²) in [5, 5.41) is 9.80. The molecule has 2 N–H and O–H groups in total. The third kappa shape index (κ3) is 3.51. The fraction of sp³-hybridized carbons (Fsp3) is 0.167. The molecule has 1 amide bonds. The van der Waals surface area contributed by atoms with Crippen LogP contribution in [-0.4, -0.2) is 26.8 Å². The average molecular weight is 352 g/mol. The third-order valence-electron chi connectivity index (χ3n) is 3.89. The van der Waals surface area contributed by atoms with Gasteiger partial charge in [0.1, 0.15) is 18.2 Å². The van der Waals surface area contributed by atoms with Crippen molar-refractivity contribution in [3.63, 3.8) is 0 Å². The highest BCUT2D eigenvalue weighted by molar-refractivity contribution is 8.00. The largest absolute Gasteiger partial charge is 0.487 e. The van der Waals surface area contributed by atoms with E-state index in [4.69, 9.17) is 4.74 Å². The fourth-order valence-corrected chi connectivity index (χ4v) is 3.77. The molecule has 7 heteroatoms. The summed E-state index contributed by atoms with van der Waals surface area (Å²) in [6.07, 6.45) is 3.52. The molecule has 4 rings (SSSR count). The molecule has 2 aromatic heterocycles. The molecule has 1 aliphatic heterocycles. The van der Waals surface area contributed by atoms with Crippen molar-refractivity contribution >= 4 is 23.5 Å². The predicted octanol–water partition coefficient (Wildman–Crippen LogP) is 3.16. The van der Waals surface area contributed by atoms with Crippen molar-refractivity contribution in [2.24, 2.45) is 0 Å². The number of hydrogen-bond acceptors (Lipinski definition) is 5. The normalized spacial score (nSPS) is 16.6. The molecule has 0 bridgehead atoms. The number of aromatic nitrogens is 3. The second-order valence-electron chi connectivity index (χ2n) is 5.62. The van der Waals surface area contributed by atoms with Crippen molar-refractivity contribution in [3.05, 3.63) is 71.7 Å². The first kappa shape index (κ1) is 15.7. The van der Waals surface area contributed by atoms with E-state index < -0.39 is 0 Å². The first-order valence-electron chi connectivity index (χ1n) is 7.87. The summed E-state index contributed by atoms with van der Waals surface area (Å²) in [5.41, 5.74) is 2.98. The minimum Gasteiger partial charge on any atom is -0.487 e. The van der Waals surface area contributed by atoms with Gasteiger partial charge in [0.15, 0.2) is 0 Å². The van der Waals surface area contributed by atoms with Crippen LogP contribution in [0.2, 0.25) is 0 Å². The third-order valence-corrected chi connectivity index (χ3v) is 5.18. The number of fused-ring (bicyclic) bond motifs is 1. The highest BCUT2D eigenvalue weighted by Crippen LogP contribution is 2.40. The van der Waals surface area contributed by atoms with Crippen LogP contribution in [0, 0.1) is 0 Å². The van der Waals surface area contributed by atoms with Gasteiger partial charge in [-0.05, 0) is 29.8 Å². The maximum absolute atomic E-state index is 11.8. The molecule has 0 saturated carbocycles. The molecule has 0 fully saturated rings. The minimum atomic E-state index is -0.0201. The number of nitrogens with zero attached hydrogens (tertiary/aromatic N) is 2. The molecule has 0 spiro atoms. The van der Waals surface area contributed by atoms with Crippen molar-refractivity contribution in [2.75, 3.05) is 11.1 Å². The Morgan fingerprint density at radius 3 is 2.88 bits per heavy atom. The van der Waals surface area contributed by atoms with E-state index in [-0.39, 0.29) is 11.2 Å². The topological polar surface area (TPSA) is 79.9 Å². The fourth-order valence-electron chi connectivity index (χ4n) is 2.67. The molecule has 1 aromatic carbocycles. The first-order chi connectivity index (χ1) is 12.3. The Kier molecular flexibility index (Phi) is 4.39. The van der Waals surface area contributed by atoms with Crippen molar-refractivity contribution in [1.82, 2.24) is 15.2 Å². The second-order valence-corrected chi connectivity index (χ2v) is 6.71. The van der Waals surface area contributed by atoms with Gasteiger partial charge in [-0.3, -0.25) is 14.9 Å². The zero-order chi connectivity index (χ0) is 17.1. The SMILES string of the molecule is O=C1CS[C@H](c2ccc(OCc3ccccn3)cc2)c2cn[nH]c2N1. The van der Waals surface area contributed by atoms with E-state index in [0.29, 0.717) is 18.2 Å². The van der Waals surface area contributed by atoms with Crippen LogP contribution in [0.5, 0.6) is 5.75 Å². The molecule has 3 aromatic rings.